The van der Waals surface area contributed by atoms with Gasteiger partial charge in [0, 0.05) is 6.20 Å². The number of hydrogen-bond acceptors (Lipinski definition) is 4. The number of ether oxygens (including phenoxy) is 1. The third kappa shape index (κ3) is 3.18. The minimum absolute atomic E-state index is 0.140. The zero-order chi connectivity index (χ0) is 17.1. The van der Waals surface area contributed by atoms with E-state index in [1.807, 2.05) is 43.5 Å². The second-order valence-electron chi connectivity index (χ2n) is 6.08. The van der Waals surface area contributed by atoms with Gasteiger partial charge in [0.2, 0.25) is 5.91 Å². The molecule has 1 heterocycles. The summed E-state index contributed by atoms with van der Waals surface area (Å²) in [6, 6.07) is 9.40. The van der Waals surface area contributed by atoms with Crippen molar-refractivity contribution in [3.63, 3.8) is 0 Å². The topological polar surface area (TPSA) is 73.2 Å². The standard InChI is InChI=1S/C18H21N3O3/c1-12-10-11-21(20-12)16-9-4-3-8-15(16)19-17(22)13-6-5-7-14(13)18(23)24-2/h3-4,8-11,13-14H,5-7H2,1-2H3,(H,19,22)/t13-,14-/m0/s1. The van der Waals surface area contributed by atoms with Crippen molar-refractivity contribution in [2.45, 2.75) is 26.2 Å². The zero-order valence-corrected chi connectivity index (χ0v) is 13.9. The van der Waals surface area contributed by atoms with Gasteiger partial charge in [-0.05, 0) is 38.0 Å². The predicted molar refractivity (Wildman–Crippen MR) is 89.8 cm³/mol. The molecule has 3 rings (SSSR count). The molecule has 0 saturated heterocycles. The van der Waals surface area contributed by atoms with Crippen LogP contribution in [0.3, 0.4) is 0 Å². The number of carbonyl (C=O) groups is 2. The fourth-order valence-electron chi connectivity index (χ4n) is 3.26. The lowest BCUT2D eigenvalue weighted by molar-refractivity contribution is -0.148. The number of aromatic nitrogens is 2. The van der Waals surface area contributed by atoms with E-state index in [9.17, 15) is 9.59 Å². The first-order chi connectivity index (χ1) is 11.6. The van der Waals surface area contributed by atoms with Crippen LogP contribution in [0.5, 0.6) is 0 Å². The van der Waals surface area contributed by atoms with Gasteiger partial charge in [-0.25, -0.2) is 4.68 Å². The highest BCUT2D eigenvalue weighted by atomic mass is 16.5. The van der Waals surface area contributed by atoms with Gasteiger partial charge in [-0.15, -0.1) is 0 Å². The molecule has 1 aliphatic rings. The summed E-state index contributed by atoms with van der Waals surface area (Å²) in [6.45, 7) is 1.91. The minimum Gasteiger partial charge on any atom is -0.469 e. The van der Waals surface area contributed by atoms with Crippen molar-refractivity contribution >= 4 is 17.6 Å². The maximum atomic E-state index is 12.7. The van der Waals surface area contributed by atoms with Gasteiger partial charge in [-0.3, -0.25) is 9.59 Å². The molecule has 2 aromatic rings. The van der Waals surface area contributed by atoms with Crippen LogP contribution in [0, 0.1) is 18.8 Å². The number of aryl methyl sites for hydroxylation is 1. The number of para-hydroxylation sites is 2. The Kier molecular flexibility index (Phi) is 4.64. The van der Waals surface area contributed by atoms with Gasteiger partial charge in [-0.1, -0.05) is 18.6 Å². The summed E-state index contributed by atoms with van der Waals surface area (Å²) in [5, 5.41) is 7.36. The van der Waals surface area contributed by atoms with Crippen LogP contribution in [0.15, 0.2) is 36.5 Å². The highest BCUT2D eigenvalue weighted by Crippen LogP contribution is 2.34. The molecule has 1 aliphatic carbocycles. The summed E-state index contributed by atoms with van der Waals surface area (Å²) in [5.74, 6) is -1.14. The lowest BCUT2D eigenvalue weighted by Gasteiger charge is -2.18. The number of rotatable bonds is 4. The Bertz CT molecular complexity index is 753. The van der Waals surface area contributed by atoms with Crippen molar-refractivity contribution in [3.8, 4) is 5.69 Å². The van der Waals surface area contributed by atoms with E-state index in [4.69, 9.17) is 4.74 Å². The number of hydrogen-bond donors (Lipinski definition) is 1. The molecule has 0 radical (unpaired) electrons. The molecule has 2 atom stereocenters. The number of esters is 1. The number of methoxy groups -OCH3 is 1. The fourth-order valence-corrected chi connectivity index (χ4v) is 3.26. The first-order valence-electron chi connectivity index (χ1n) is 8.10. The fraction of sp³-hybridized carbons (Fsp3) is 0.389. The summed E-state index contributed by atoms with van der Waals surface area (Å²) in [4.78, 5) is 24.5. The smallest absolute Gasteiger partial charge is 0.309 e. The lowest BCUT2D eigenvalue weighted by atomic mass is 9.95. The van der Waals surface area contributed by atoms with Crippen molar-refractivity contribution in [2.24, 2.45) is 11.8 Å². The van der Waals surface area contributed by atoms with Crippen LogP contribution in [0.1, 0.15) is 25.0 Å². The minimum atomic E-state index is -0.353. The molecule has 24 heavy (non-hydrogen) atoms. The molecule has 1 aromatic carbocycles. The van der Waals surface area contributed by atoms with E-state index in [1.54, 1.807) is 4.68 Å². The van der Waals surface area contributed by atoms with E-state index in [2.05, 4.69) is 10.4 Å². The van der Waals surface area contributed by atoms with Crippen LogP contribution in [0.4, 0.5) is 5.69 Å². The molecular weight excluding hydrogens is 306 g/mol. The van der Waals surface area contributed by atoms with Crippen LogP contribution in [-0.4, -0.2) is 28.8 Å². The van der Waals surface area contributed by atoms with E-state index < -0.39 is 0 Å². The molecule has 1 aromatic heterocycles. The third-order valence-electron chi connectivity index (χ3n) is 4.49. The zero-order valence-electron chi connectivity index (χ0n) is 13.9. The average Bonchev–Trinajstić information content (AvgIpc) is 3.23. The Labute approximate surface area is 140 Å². The summed E-state index contributed by atoms with van der Waals surface area (Å²) in [7, 11) is 1.37. The second kappa shape index (κ2) is 6.86. The van der Waals surface area contributed by atoms with E-state index in [0.717, 1.165) is 17.8 Å². The van der Waals surface area contributed by atoms with Crippen LogP contribution in [-0.2, 0) is 14.3 Å². The average molecular weight is 327 g/mol. The monoisotopic (exact) mass is 327 g/mol. The van der Waals surface area contributed by atoms with Crippen molar-refractivity contribution in [3.05, 3.63) is 42.2 Å². The quantitative estimate of drug-likeness (QED) is 0.876. The van der Waals surface area contributed by atoms with Gasteiger partial charge in [0.05, 0.1) is 36.0 Å². The van der Waals surface area contributed by atoms with Gasteiger partial charge in [0.15, 0.2) is 0 Å². The molecule has 6 nitrogen and oxygen atoms in total. The molecule has 0 aliphatic heterocycles. The molecule has 0 bridgehead atoms. The van der Waals surface area contributed by atoms with Crippen LogP contribution in [0.2, 0.25) is 0 Å². The molecule has 1 N–H and O–H groups in total. The number of amides is 1. The van der Waals surface area contributed by atoms with E-state index >= 15 is 0 Å². The molecular formula is C18H21N3O3. The maximum absolute atomic E-state index is 12.7. The van der Waals surface area contributed by atoms with E-state index in [-0.39, 0.29) is 23.7 Å². The number of carbonyl (C=O) groups excluding carboxylic acids is 2. The predicted octanol–water partition coefficient (Wildman–Crippen LogP) is 2.71. The maximum Gasteiger partial charge on any atom is 0.309 e. The summed E-state index contributed by atoms with van der Waals surface area (Å²) in [5.41, 5.74) is 2.38. The molecule has 126 valence electrons. The molecule has 0 unspecified atom stereocenters. The van der Waals surface area contributed by atoms with Gasteiger partial charge in [0.25, 0.3) is 0 Å². The first kappa shape index (κ1) is 16.2. The lowest BCUT2D eigenvalue weighted by Crippen LogP contribution is -2.31. The number of benzene rings is 1. The highest BCUT2D eigenvalue weighted by molar-refractivity contribution is 5.97. The normalized spacial score (nSPS) is 19.9. The van der Waals surface area contributed by atoms with E-state index in [1.165, 1.54) is 7.11 Å². The second-order valence-corrected chi connectivity index (χ2v) is 6.08. The van der Waals surface area contributed by atoms with Gasteiger partial charge in [0.1, 0.15) is 0 Å². The third-order valence-corrected chi connectivity index (χ3v) is 4.49. The molecule has 0 spiro atoms. The van der Waals surface area contributed by atoms with E-state index in [0.29, 0.717) is 18.5 Å². The van der Waals surface area contributed by atoms with Crippen molar-refractivity contribution < 1.29 is 14.3 Å². The van der Waals surface area contributed by atoms with Crippen molar-refractivity contribution in [1.82, 2.24) is 9.78 Å². The molecule has 1 saturated carbocycles. The summed E-state index contributed by atoms with van der Waals surface area (Å²) < 4.78 is 6.56. The van der Waals surface area contributed by atoms with Gasteiger partial charge < -0.3 is 10.1 Å². The first-order valence-corrected chi connectivity index (χ1v) is 8.10. The molecule has 1 fully saturated rings. The van der Waals surface area contributed by atoms with Crippen molar-refractivity contribution in [1.29, 1.82) is 0 Å². The molecule has 1 amide bonds. The Hall–Kier alpha value is -2.63. The SMILES string of the molecule is COC(=O)[C@H]1CCC[C@@H]1C(=O)Nc1ccccc1-n1ccc(C)n1. The number of nitrogens with zero attached hydrogens (tertiary/aromatic N) is 2. The van der Waals surface area contributed by atoms with Crippen molar-refractivity contribution in [2.75, 3.05) is 12.4 Å². The summed E-state index contributed by atoms with van der Waals surface area (Å²) in [6.07, 6.45) is 4.12. The Morgan fingerprint density at radius 2 is 1.96 bits per heavy atom. The van der Waals surface area contributed by atoms with Crippen LogP contribution >= 0.6 is 0 Å². The highest BCUT2D eigenvalue weighted by Gasteiger charge is 2.38. The Morgan fingerprint density at radius 3 is 2.67 bits per heavy atom. The summed E-state index contributed by atoms with van der Waals surface area (Å²) >= 11 is 0. The van der Waals surface area contributed by atoms with Crippen LogP contribution < -0.4 is 5.32 Å². The van der Waals surface area contributed by atoms with Gasteiger partial charge >= 0.3 is 5.97 Å². The Balaban J connectivity index is 1.81. The number of anilines is 1. The van der Waals surface area contributed by atoms with Gasteiger partial charge in [-0.2, -0.15) is 5.10 Å². The van der Waals surface area contributed by atoms with Crippen LogP contribution in [0.25, 0.3) is 5.69 Å². The largest absolute Gasteiger partial charge is 0.469 e. The Morgan fingerprint density at radius 1 is 1.21 bits per heavy atom. The number of nitrogens with one attached hydrogen (secondary N) is 1. The molecule has 6 heteroatoms.